The molecule has 0 atom stereocenters. The molecule has 1 amide bonds. The molecule has 1 aromatic heterocycles. The van der Waals surface area contributed by atoms with Crippen LogP contribution >= 0.6 is 0 Å². The molecule has 0 saturated carbocycles. The maximum atomic E-state index is 11.0. The van der Waals surface area contributed by atoms with Crippen molar-refractivity contribution in [3.05, 3.63) is 18.0 Å². The number of carbonyl (C=O) groups excluding carboxylic acids is 1. The summed E-state index contributed by atoms with van der Waals surface area (Å²) in [6.45, 7) is 3.53. The van der Waals surface area contributed by atoms with Crippen molar-refractivity contribution < 1.29 is 4.79 Å². The average Bonchev–Trinajstić information content (AvgIpc) is 2.52. The van der Waals surface area contributed by atoms with E-state index < -0.39 is 0 Å². The molecule has 0 bridgehead atoms. The number of aryl methyl sites for hydroxylation is 1. The summed E-state index contributed by atoms with van der Waals surface area (Å²) in [5, 5.41) is 9.90. The van der Waals surface area contributed by atoms with Crippen LogP contribution in [0.25, 0.3) is 0 Å². The van der Waals surface area contributed by atoms with Crippen molar-refractivity contribution in [3.63, 3.8) is 0 Å². The van der Waals surface area contributed by atoms with Crippen LogP contribution in [0, 0.1) is 0 Å². The van der Waals surface area contributed by atoms with Gasteiger partial charge in [0.1, 0.15) is 0 Å². The van der Waals surface area contributed by atoms with Gasteiger partial charge in [0.2, 0.25) is 5.91 Å². The third kappa shape index (κ3) is 3.57. The highest BCUT2D eigenvalue weighted by Crippen LogP contribution is 1.91. The monoisotopic (exact) mass is 196 g/mol. The van der Waals surface area contributed by atoms with Crippen molar-refractivity contribution in [3.8, 4) is 0 Å². The number of rotatable bonds is 5. The van der Waals surface area contributed by atoms with E-state index in [1.807, 2.05) is 26.2 Å². The van der Waals surface area contributed by atoms with Crippen LogP contribution in [-0.4, -0.2) is 28.8 Å². The van der Waals surface area contributed by atoms with Crippen molar-refractivity contribution in [2.45, 2.75) is 13.5 Å². The van der Waals surface area contributed by atoms with Crippen LogP contribution in [0.2, 0.25) is 0 Å². The van der Waals surface area contributed by atoms with E-state index in [2.05, 4.69) is 15.7 Å². The summed E-state index contributed by atoms with van der Waals surface area (Å²) in [5.41, 5.74) is 0.941. The first-order valence-electron chi connectivity index (χ1n) is 4.68. The van der Waals surface area contributed by atoms with Crippen LogP contribution in [0.3, 0.4) is 0 Å². The molecule has 1 heterocycles. The van der Waals surface area contributed by atoms with Crippen LogP contribution in [0.4, 0.5) is 0 Å². The Kier molecular flexibility index (Phi) is 4.12. The molecule has 0 aliphatic carbocycles. The van der Waals surface area contributed by atoms with Crippen molar-refractivity contribution in [2.75, 3.05) is 13.1 Å². The zero-order chi connectivity index (χ0) is 10.4. The van der Waals surface area contributed by atoms with Gasteiger partial charge in [0.25, 0.3) is 0 Å². The molecule has 0 unspecified atom stereocenters. The lowest BCUT2D eigenvalue weighted by molar-refractivity contribution is -0.120. The highest BCUT2D eigenvalue weighted by atomic mass is 16.1. The Hall–Kier alpha value is -1.36. The molecule has 0 aromatic carbocycles. The van der Waals surface area contributed by atoms with Gasteiger partial charge in [-0.2, -0.15) is 5.10 Å². The number of nitrogens with zero attached hydrogens (tertiary/aromatic N) is 2. The van der Waals surface area contributed by atoms with Crippen molar-refractivity contribution >= 4 is 5.91 Å². The standard InChI is InChI=1S/C9H16N4O/c1-3-11-9(14)7-10-6-8-4-5-13(2)12-8/h4-5,10H,3,6-7H2,1-2H3,(H,11,14). The van der Waals surface area contributed by atoms with E-state index >= 15 is 0 Å². The summed E-state index contributed by atoms with van der Waals surface area (Å²) in [7, 11) is 1.87. The van der Waals surface area contributed by atoms with Gasteiger partial charge in [0.15, 0.2) is 0 Å². The van der Waals surface area contributed by atoms with Crippen LogP contribution in [0.1, 0.15) is 12.6 Å². The lowest BCUT2D eigenvalue weighted by Gasteiger charge is -2.02. The Morgan fingerprint density at radius 1 is 1.64 bits per heavy atom. The van der Waals surface area contributed by atoms with Crippen LogP contribution < -0.4 is 10.6 Å². The minimum Gasteiger partial charge on any atom is -0.355 e. The van der Waals surface area contributed by atoms with Gasteiger partial charge >= 0.3 is 0 Å². The Labute approximate surface area is 83.5 Å². The molecule has 14 heavy (non-hydrogen) atoms. The van der Waals surface area contributed by atoms with E-state index in [0.29, 0.717) is 19.6 Å². The van der Waals surface area contributed by atoms with E-state index in [4.69, 9.17) is 0 Å². The predicted molar refractivity (Wildman–Crippen MR) is 53.6 cm³/mol. The smallest absolute Gasteiger partial charge is 0.233 e. The minimum atomic E-state index is 0.0171. The molecule has 1 aromatic rings. The van der Waals surface area contributed by atoms with Gasteiger partial charge in [0, 0.05) is 26.3 Å². The van der Waals surface area contributed by atoms with Gasteiger partial charge in [-0.1, -0.05) is 0 Å². The maximum Gasteiger partial charge on any atom is 0.233 e. The zero-order valence-corrected chi connectivity index (χ0v) is 8.58. The first-order valence-corrected chi connectivity index (χ1v) is 4.68. The molecule has 5 heteroatoms. The number of carbonyl (C=O) groups is 1. The Bertz CT molecular complexity index is 295. The molecule has 2 N–H and O–H groups in total. The third-order valence-electron chi connectivity index (χ3n) is 1.73. The molecule has 0 radical (unpaired) electrons. The fourth-order valence-electron chi connectivity index (χ4n) is 1.12. The van der Waals surface area contributed by atoms with Gasteiger partial charge in [-0.15, -0.1) is 0 Å². The molecule has 0 saturated heterocycles. The number of hydrogen-bond donors (Lipinski definition) is 2. The number of aromatic nitrogens is 2. The Morgan fingerprint density at radius 2 is 2.43 bits per heavy atom. The molecule has 0 aliphatic rings. The predicted octanol–water partition coefficient (Wildman–Crippen LogP) is -0.354. The summed E-state index contributed by atoms with van der Waals surface area (Å²) >= 11 is 0. The summed E-state index contributed by atoms with van der Waals surface area (Å²) in [6, 6.07) is 1.92. The topological polar surface area (TPSA) is 59.0 Å². The van der Waals surface area contributed by atoms with Gasteiger partial charge < -0.3 is 10.6 Å². The summed E-state index contributed by atoms with van der Waals surface area (Å²) in [6.07, 6.45) is 1.88. The summed E-state index contributed by atoms with van der Waals surface area (Å²) in [4.78, 5) is 11.0. The molecular formula is C9H16N4O. The van der Waals surface area contributed by atoms with Crippen molar-refractivity contribution in [1.29, 1.82) is 0 Å². The Morgan fingerprint density at radius 3 is 3.00 bits per heavy atom. The fourth-order valence-corrected chi connectivity index (χ4v) is 1.12. The molecular weight excluding hydrogens is 180 g/mol. The minimum absolute atomic E-state index is 0.0171. The molecule has 78 valence electrons. The largest absolute Gasteiger partial charge is 0.355 e. The van der Waals surface area contributed by atoms with Gasteiger partial charge in [-0.25, -0.2) is 0 Å². The molecule has 5 nitrogen and oxygen atoms in total. The van der Waals surface area contributed by atoms with E-state index in [9.17, 15) is 4.79 Å². The van der Waals surface area contributed by atoms with E-state index in [1.54, 1.807) is 4.68 Å². The first kappa shape index (κ1) is 10.7. The second-order valence-electron chi connectivity index (χ2n) is 3.04. The van der Waals surface area contributed by atoms with Crippen LogP contribution in [0.15, 0.2) is 12.3 Å². The SMILES string of the molecule is CCNC(=O)CNCc1ccn(C)n1. The fraction of sp³-hybridized carbons (Fsp3) is 0.556. The second-order valence-corrected chi connectivity index (χ2v) is 3.04. The van der Waals surface area contributed by atoms with E-state index in [0.717, 1.165) is 5.69 Å². The molecule has 0 fully saturated rings. The number of hydrogen-bond acceptors (Lipinski definition) is 3. The molecule has 0 aliphatic heterocycles. The Balaban J connectivity index is 2.18. The van der Waals surface area contributed by atoms with E-state index in [-0.39, 0.29) is 5.91 Å². The molecule has 1 rings (SSSR count). The average molecular weight is 196 g/mol. The first-order chi connectivity index (χ1) is 6.72. The highest BCUT2D eigenvalue weighted by Gasteiger charge is 1.99. The number of amides is 1. The van der Waals surface area contributed by atoms with Gasteiger partial charge in [-0.3, -0.25) is 9.48 Å². The normalized spacial score (nSPS) is 10.1. The highest BCUT2D eigenvalue weighted by molar-refractivity contribution is 5.77. The number of likely N-dealkylation sites (N-methyl/N-ethyl adjacent to an activating group) is 1. The third-order valence-corrected chi connectivity index (χ3v) is 1.73. The summed E-state index contributed by atoms with van der Waals surface area (Å²) < 4.78 is 1.74. The van der Waals surface area contributed by atoms with Crippen molar-refractivity contribution in [1.82, 2.24) is 20.4 Å². The van der Waals surface area contributed by atoms with Crippen molar-refractivity contribution in [2.24, 2.45) is 7.05 Å². The molecule has 0 spiro atoms. The van der Waals surface area contributed by atoms with Crippen LogP contribution in [-0.2, 0) is 18.4 Å². The maximum absolute atomic E-state index is 11.0. The summed E-state index contributed by atoms with van der Waals surface area (Å²) in [5.74, 6) is 0.0171. The van der Waals surface area contributed by atoms with Crippen LogP contribution in [0.5, 0.6) is 0 Å². The van der Waals surface area contributed by atoms with Gasteiger partial charge in [0.05, 0.1) is 12.2 Å². The number of nitrogens with one attached hydrogen (secondary N) is 2. The second kappa shape index (κ2) is 5.39. The lowest BCUT2D eigenvalue weighted by atomic mass is 10.4. The van der Waals surface area contributed by atoms with Gasteiger partial charge in [-0.05, 0) is 13.0 Å². The lowest BCUT2D eigenvalue weighted by Crippen LogP contribution is -2.33. The zero-order valence-electron chi connectivity index (χ0n) is 8.58. The van der Waals surface area contributed by atoms with E-state index in [1.165, 1.54) is 0 Å². The quantitative estimate of drug-likeness (QED) is 0.676.